The quantitative estimate of drug-likeness (QED) is 0.867. The van der Waals surface area contributed by atoms with Crippen molar-refractivity contribution in [2.24, 2.45) is 5.92 Å². The fourth-order valence-electron chi connectivity index (χ4n) is 3.23. The maximum absolute atomic E-state index is 12.8. The lowest BCUT2D eigenvalue weighted by Gasteiger charge is -2.32. The Morgan fingerprint density at radius 2 is 1.83 bits per heavy atom. The van der Waals surface area contributed by atoms with Crippen molar-refractivity contribution in [2.45, 2.75) is 19.3 Å². The molecule has 2 amide bonds. The number of carbonyl (C=O) groups is 2. The van der Waals surface area contributed by atoms with Crippen LogP contribution in [0.2, 0.25) is 0 Å². The van der Waals surface area contributed by atoms with Gasteiger partial charge in [0.2, 0.25) is 5.91 Å². The topological polar surface area (TPSA) is 52.6 Å². The molecular formula is C19H25N3O2. The second kappa shape index (κ2) is 7.62. The highest BCUT2D eigenvalue weighted by Crippen LogP contribution is 2.23. The Labute approximate surface area is 143 Å². The third-order valence-electron chi connectivity index (χ3n) is 4.85. The zero-order valence-electron chi connectivity index (χ0n) is 14.2. The number of hydrogen-bond acceptors (Lipinski definition) is 3. The minimum absolute atomic E-state index is 0.00166. The van der Waals surface area contributed by atoms with Gasteiger partial charge in [0, 0.05) is 32.1 Å². The van der Waals surface area contributed by atoms with Crippen molar-refractivity contribution in [1.29, 1.82) is 0 Å². The molecule has 0 radical (unpaired) electrons. The van der Waals surface area contributed by atoms with E-state index in [1.165, 1.54) is 0 Å². The first-order valence-corrected chi connectivity index (χ1v) is 8.68. The summed E-state index contributed by atoms with van der Waals surface area (Å²) in [5, 5.41) is 2.98. The Balaban J connectivity index is 1.71. The first-order valence-electron chi connectivity index (χ1n) is 8.68. The van der Waals surface area contributed by atoms with E-state index in [9.17, 15) is 9.59 Å². The normalized spacial score (nSPS) is 21.5. The molecule has 0 bridgehead atoms. The van der Waals surface area contributed by atoms with Gasteiger partial charge in [-0.3, -0.25) is 9.59 Å². The van der Waals surface area contributed by atoms with Crippen LogP contribution in [0.5, 0.6) is 0 Å². The van der Waals surface area contributed by atoms with Gasteiger partial charge in [-0.15, -0.1) is 0 Å². The van der Waals surface area contributed by atoms with Crippen molar-refractivity contribution in [3.8, 4) is 0 Å². The first kappa shape index (κ1) is 16.7. The number of piperazine rings is 1. The van der Waals surface area contributed by atoms with Gasteiger partial charge < -0.3 is 15.1 Å². The van der Waals surface area contributed by atoms with E-state index in [-0.39, 0.29) is 17.7 Å². The minimum atomic E-state index is 0.00166. The van der Waals surface area contributed by atoms with Crippen LogP contribution in [0.4, 0.5) is 5.69 Å². The zero-order chi connectivity index (χ0) is 16.9. The van der Waals surface area contributed by atoms with Crippen molar-refractivity contribution in [3.05, 3.63) is 42.0 Å². The third-order valence-corrected chi connectivity index (χ3v) is 4.85. The maximum Gasteiger partial charge on any atom is 0.256 e. The van der Waals surface area contributed by atoms with Crippen molar-refractivity contribution in [3.63, 3.8) is 0 Å². The summed E-state index contributed by atoms with van der Waals surface area (Å²) in [4.78, 5) is 29.4. The minimum Gasteiger partial charge on any atom is -0.336 e. The van der Waals surface area contributed by atoms with E-state index in [2.05, 4.69) is 29.4 Å². The standard InChI is InChI=1S/C19H25N3O2/c1-21-11-13-22(14-12-21)19(24)16-9-5-6-10-17(16)20-18(23)15-7-3-2-4-8-15/h2-3,5-6,9-10,15H,4,7-8,11-14H2,1H3,(H,20,23). The second-order valence-corrected chi connectivity index (χ2v) is 6.61. The van der Waals surface area contributed by atoms with Gasteiger partial charge in [-0.05, 0) is 38.4 Å². The highest BCUT2D eigenvalue weighted by atomic mass is 16.2. The number of amides is 2. The summed E-state index contributed by atoms with van der Waals surface area (Å²) in [6.07, 6.45) is 6.78. The molecule has 0 spiro atoms. The fraction of sp³-hybridized carbons (Fsp3) is 0.474. The lowest BCUT2D eigenvalue weighted by Crippen LogP contribution is -2.47. The Kier molecular flexibility index (Phi) is 5.30. The molecule has 128 valence electrons. The molecule has 1 heterocycles. The van der Waals surface area contributed by atoms with E-state index >= 15 is 0 Å². The molecule has 2 aliphatic rings. The number of likely N-dealkylation sites (N-methyl/N-ethyl adjacent to an activating group) is 1. The molecule has 1 N–H and O–H groups in total. The molecule has 1 saturated heterocycles. The van der Waals surface area contributed by atoms with Crippen LogP contribution in [0.3, 0.4) is 0 Å². The SMILES string of the molecule is CN1CCN(C(=O)c2ccccc2NC(=O)C2CC=CCC2)CC1. The average molecular weight is 327 g/mol. The van der Waals surface area contributed by atoms with Crippen LogP contribution in [0.25, 0.3) is 0 Å². The number of allylic oxidation sites excluding steroid dienone is 2. The highest BCUT2D eigenvalue weighted by molar-refractivity contribution is 6.04. The number of benzene rings is 1. The summed E-state index contributed by atoms with van der Waals surface area (Å²) in [6.45, 7) is 3.22. The van der Waals surface area contributed by atoms with Gasteiger partial charge in [-0.1, -0.05) is 24.3 Å². The second-order valence-electron chi connectivity index (χ2n) is 6.61. The molecule has 1 atom stereocenters. The molecule has 5 heteroatoms. The molecule has 0 aromatic heterocycles. The van der Waals surface area contributed by atoms with Crippen LogP contribution in [-0.2, 0) is 4.79 Å². The van der Waals surface area contributed by atoms with Crippen molar-refractivity contribution < 1.29 is 9.59 Å². The fourth-order valence-corrected chi connectivity index (χ4v) is 3.23. The molecule has 3 rings (SSSR count). The van der Waals surface area contributed by atoms with Gasteiger partial charge in [-0.25, -0.2) is 0 Å². The number of rotatable bonds is 3. The van der Waals surface area contributed by atoms with Crippen LogP contribution in [-0.4, -0.2) is 54.8 Å². The Morgan fingerprint density at radius 3 is 2.54 bits per heavy atom. The number of carbonyl (C=O) groups excluding carboxylic acids is 2. The summed E-state index contributed by atoms with van der Waals surface area (Å²) in [6, 6.07) is 7.33. The van der Waals surface area contributed by atoms with Crippen LogP contribution in [0.1, 0.15) is 29.6 Å². The first-order chi connectivity index (χ1) is 11.6. The van der Waals surface area contributed by atoms with E-state index in [0.29, 0.717) is 11.3 Å². The Hall–Kier alpha value is -2.14. The maximum atomic E-state index is 12.8. The predicted molar refractivity (Wildman–Crippen MR) is 95.0 cm³/mol. The molecule has 24 heavy (non-hydrogen) atoms. The van der Waals surface area contributed by atoms with Gasteiger partial charge in [0.1, 0.15) is 0 Å². The van der Waals surface area contributed by atoms with Crippen LogP contribution in [0, 0.1) is 5.92 Å². The summed E-state index contributed by atoms with van der Waals surface area (Å²) < 4.78 is 0. The summed E-state index contributed by atoms with van der Waals surface area (Å²) >= 11 is 0. The highest BCUT2D eigenvalue weighted by Gasteiger charge is 2.24. The smallest absolute Gasteiger partial charge is 0.256 e. The summed E-state index contributed by atoms with van der Waals surface area (Å²) in [7, 11) is 2.06. The van der Waals surface area contributed by atoms with Gasteiger partial charge in [0.15, 0.2) is 0 Å². The lowest BCUT2D eigenvalue weighted by molar-refractivity contribution is -0.120. The molecular weight excluding hydrogens is 302 g/mol. The largest absolute Gasteiger partial charge is 0.336 e. The number of nitrogens with zero attached hydrogens (tertiary/aromatic N) is 2. The number of anilines is 1. The van der Waals surface area contributed by atoms with Gasteiger partial charge in [-0.2, -0.15) is 0 Å². The molecule has 1 aromatic carbocycles. The molecule has 1 aromatic rings. The Morgan fingerprint density at radius 1 is 1.08 bits per heavy atom. The molecule has 1 fully saturated rings. The average Bonchev–Trinajstić information content (AvgIpc) is 2.63. The van der Waals surface area contributed by atoms with Crippen LogP contribution >= 0.6 is 0 Å². The van der Waals surface area contributed by atoms with Gasteiger partial charge in [0.25, 0.3) is 5.91 Å². The lowest BCUT2D eigenvalue weighted by atomic mass is 9.93. The number of hydrogen-bond donors (Lipinski definition) is 1. The van der Waals surface area contributed by atoms with E-state index < -0.39 is 0 Å². The summed E-state index contributed by atoms with van der Waals surface area (Å²) in [5.74, 6) is 0.0160. The van der Waals surface area contributed by atoms with Crippen LogP contribution in [0.15, 0.2) is 36.4 Å². The van der Waals surface area contributed by atoms with Crippen molar-refractivity contribution in [2.75, 3.05) is 38.5 Å². The Bertz CT molecular complexity index is 633. The van der Waals surface area contributed by atoms with E-state index in [1.807, 2.05) is 23.1 Å². The molecule has 1 unspecified atom stereocenters. The van der Waals surface area contributed by atoms with Crippen molar-refractivity contribution >= 4 is 17.5 Å². The summed E-state index contributed by atoms with van der Waals surface area (Å²) in [5.41, 5.74) is 1.21. The number of nitrogens with one attached hydrogen (secondary N) is 1. The molecule has 1 aliphatic carbocycles. The van der Waals surface area contributed by atoms with E-state index in [0.717, 1.165) is 45.4 Å². The molecule has 5 nitrogen and oxygen atoms in total. The van der Waals surface area contributed by atoms with Crippen LogP contribution < -0.4 is 5.32 Å². The monoisotopic (exact) mass is 327 g/mol. The van der Waals surface area contributed by atoms with Crippen molar-refractivity contribution in [1.82, 2.24) is 9.80 Å². The molecule has 0 saturated carbocycles. The van der Waals surface area contributed by atoms with E-state index in [4.69, 9.17) is 0 Å². The predicted octanol–water partition coefficient (Wildman–Crippen LogP) is 2.37. The number of para-hydroxylation sites is 1. The third kappa shape index (κ3) is 3.85. The van der Waals surface area contributed by atoms with Gasteiger partial charge >= 0.3 is 0 Å². The molecule has 1 aliphatic heterocycles. The van der Waals surface area contributed by atoms with Gasteiger partial charge in [0.05, 0.1) is 11.3 Å². The van der Waals surface area contributed by atoms with E-state index in [1.54, 1.807) is 6.07 Å². The zero-order valence-corrected chi connectivity index (χ0v) is 14.2.